The van der Waals surface area contributed by atoms with Crippen molar-refractivity contribution >= 4 is 22.6 Å². The van der Waals surface area contributed by atoms with Gasteiger partial charge in [0.15, 0.2) is 0 Å². The number of halogens is 1. The maximum Gasteiger partial charge on any atom is 0.0157 e. The second kappa shape index (κ2) is 4.62. The SMILES string of the molecule is CC(CI)N1CCC(N)CC1. The summed E-state index contributed by atoms with van der Waals surface area (Å²) in [6, 6.07) is 1.20. The molecular weight excluding hydrogens is 251 g/mol. The largest absolute Gasteiger partial charge is 0.328 e. The molecule has 2 N–H and O–H groups in total. The molecule has 0 bridgehead atoms. The van der Waals surface area contributed by atoms with Crippen LogP contribution in [0.15, 0.2) is 0 Å². The van der Waals surface area contributed by atoms with Crippen molar-refractivity contribution in [2.75, 3.05) is 17.5 Å². The van der Waals surface area contributed by atoms with E-state index < -0.39 is 0 Å². The summed E-state index contributed by atoms with van der Waals surface area (Å²) in [5.41, 5.74) is 5.81. The predicted molar refractivity (Wildman–Crippen MR) is 57.1 cm³/mol. The van der Waals surface area contributed by atoms with Gasteiger partial charge in [0, 0.05) is 16.5 Å². The summed E-state index contributed by atoms with van der Waals surface area (Å²) >= 11 is 2.45. The van der Waals surface area contributed by atoms with Gasteiger partial charge >= 0.3 is 0 Å². The molecule has 11 heavy (non-hydrogen) atoms. The number of rotatable bonds is 2. The van der Waals surface area contributed by atoms with Crippen molar-refractivity contribution in [2.45, 2.75) is 31.8 Å². The molecule has 3 heteroatoms. The summed E-state index contributed by atoms with van der Waals surface area (Å²) in [7, 11) is 0. The van der Waals surface area contributed by atoms with E-state index in [1.165, 1.54) is 30.4 Å². The van der Waals surface area contributed by atoms with Gasteiger partial charge in [-0.25, -0.2) is 0 Å². The fourth-order valence-electron chi connectivity index (χ4n) is 1.46. The summed E-state index contributed by atoms with van der Waals surface area (Å²) in [5, 5.41) is 0. The quantitative estimate of drug-likeness (QED) is 0.603. The number of hydrogen-bond donors (Lipinski definition) is 1. The molecule has 1 aliphatic rings. The minimum Gasteiger partial charge on any atom is -0.328 e. The molecule has 1 saturated heterocycles. The first-order chi connectivity index (χ1) is 5.24. The monoisotopic (exact) mass is 268 g/mol. The van der Waals surface area contributed by atoms with Crippen molar-refractivity contribution < 1.29 is 0 Å². The molecule has 1 heterocycles. The Morgan fingerprint density at radius 1 is 1.55 bits per heavy atom. The van der Waals surface area contributed by atoms with Gasteiger partial charge in [0.25, 0.3) is 0 Å². The molecule has 0 aromatic rings. The predicted octanol–water partition coefficient (Wildman–Crippen LogP) is 1.23. The average molecular weight is 268 g/mol. The first-order valence-electron chi connectivity index (χ1n) is 4.29. The normalized spacial score (nSPS) is 25.4. The zero-order chi connectivity index (χ0) is 8.27. The van der Waals surface area contributed by atoms with Crippen LogP contribution in [0.1, 0.15) is 19.8 Å². The van der Waals surface area contributed by atoms with E-state index in [-0.39, 0.29) is 0 Å². The maximum absolute atomic E-state index is 5.81. The lowest BCUT2D eigenvalue weighted by Gasteiger charge is -2.33. The highest BCUT2D eigenvalue weighted by Gasteiger charge is 2.19. The Bertz CT molecular complexity index is 111. The topological polar surface area (TPSA) is 29.3 Å². The third-order valence-electron chi connectivity index (χ3n) is 2.42. The first kappa shape index (κ1) is 9.74. The van der Waals surface area contributed by atoms with Crippen molar-refractivity contribution in [2.24, 2.45) is 5.73 Å². The fraction of sp³-hybridized carbons (Fsp3) is 1.00. The summed E-state index contributed by atoms with van der Waals surface area (Å²) in [4.78, 5) is 2.54. The molecule has 1 fully saturated rings. The van der Waals surface area contributed by atoms with Crippen molar-refractivity contribution in [3.8, 4) is 0 Å². The Balaban J connectivity index is 2.27. The molecule has 0 amide bonds. The van der Waals surface area contributed by atoms with Crippen molar-refractivity contribution in [1.82, 2.24) is 4.90 Å². The third kappa shape index (κ3) is 2.87. The van der Waals surface area contributed by atoms with E-state index in [4.69, 9.17) is 5.73 Å². The fourth-order valence-corrected chi connectivity index (χ4v) is 2.01. The Morgan fingerprint density at radius 3 is 2.55 bits per heavy atom. The van der Waals surface area contributed by atoms with Crippen LogP contribution in [0.4, 0.5) is 0 Å². The number of nitrogens with zero attached hydrogens (tertiary/aromatic N) is 1. The summed E-state index contributed by atoms with van der Waals surface area (Å²) in [5.74, 6) is 0. The van der Waals surface area contributed by atoms with Crippen LogP contribution in [0.3, 0.4) is 0 Å². The Kier molecular flexibility index (Phi) is 4.09. The number of nitrogens with two attached hydrogens (primary N) is 1. The highest BCUT2D eigenvalue weighted by molar-refractivity contribution is 14.1. The zero-order valence-electron chi connectivity index (χ0n) is 7.09. The van der Waals surface area contributed by atoms with Gasteiger partial charge in [-0.1, -0.05) is 22.6 Å². The Hall–Kier alpha value is 0.650. The number of piperidine rings is 1. The Morgan fingerprint density at radius 2 is 2.09 bits per heavy atom. The summed E-state index contributed by atoms with van der Waals surface area (Å²) in [6.07, 6.45) is 2.36. The Labute approximate surface area is 82.6 Å². The lowest BCUT2D eigenvalue weighted by atomic mass is 10.1. The van der Waals surface area contributed by atoms with Crippen LogP contribution in [0.25, 0.3) is 0 Å². The number of likely N-dealkylation sites (tertiary alicyclic amines) is 1. The molecule has 66 valence electrons. The summed E-state index contributed by atoms with van der Waals surface area (Å²) < 4.78 is 1.23. The van der Waals surface area contributed by atoms with Gasteiger partial charge in [0.05, 0.1) is 0 Å². The molecule has 1 rings (SSSR count). The molecular formula is C8H17IN2. The van der Waals surface area contributed by atoms with Crippen molar-refractivity contribution in [3.63, 3.8) is 0 Å². The molecule has 1 unspecified atom stereocenters. The van der Waals surface area contributed by atoms with Gasteiger partial charge in [-0.2, -0.15) is 0 Å². The smallest absolute Gasteiger partial charge is 0.0157 e. The first-order valence-corrected chi connectivity index (χ1v) is 5.82. The van der Waals surface area contributed by atoms with E-state index >= 15 is 0 Å². The van der Waals surface area contributed by atoms with Crippen LogP contribution in [-0.2, 0) is 0 Å². The number of alkyl halides is 1. The van der Waals surface area contributed by atoms with Crippen LogP contribution >= 0.6 is 22.6 Å². The average Bonchev–Trinajstić information content (AvgIpc) is 2.05. The van der Waals surface area contributed by atoms with Crippen LogP contribution < -0.4 is 5.73 Å². The van der Waals surface area contributed by atoms with Crippen molar-refractivity contribution in [3.05, 3.63) is 0 Å². The van der Waals surface area contributed by atoms with E-state index in [0.29, 0.717) is 6.04 Å². The van der Waals surface area contributed by atoms with E-state index in [1.54, 1.807) is 0 Å². The number of hydrogen-bond acceptors (Lipinski definition) is 2. The minimum absolute atomic E-state index is 0.465. The molecule has 0 aromatic heterocycles. The van der Waals surface area contributed by atoms with E-state index in [1.807, 2.05) is 0 Å². The molecule has 0 aromatic carbocycles. The van der Waals surface area contributed by atoms with Crippen LogP contribution in [0.5, 0.6) is 0 Å². The summed E-state index contributed by atoms with van der Waals surface area (Å²) in [6.45, 7) is 4.69. The second-order valence-corrected chi connectivity index (χ2v) is 4.26. The molecule has 0 spiro atoms. The minimum atomic E-state index is 0.465. The molecule has 0 radical (unpaired) electrons. The lowest BCUT2D eigenvalue weighted by Crippen LogP contribution is -2.44. The molecule has 1 atom stereocenters. The van der Waals surface area contributed by atoms with Gasteiger partial charge in [0.1, 0.15) is 0 Å². The van der Waals surface area contributed by atoms with E-state index in [9.17, 15) is 0 Å². The maximum atomic E-state index is 5.81. The molecule has 2 nitrogen and oxygen atoms in total. The highest BCUT2D eigenvalue weighted by atomic mass is 127. The third-order valence-corrected chi connectivity index (χ3v) is 3.70. The van der Waals surface area contributed by atoms with Gasteiger partial charge in [-0.3, -0.25) is 4.90 Å². The van der Waals surface area contributed by atoms with E-state index in [0.717, 1.165) is 6.04 Å². The lowest BCUT2D eigenvalue weighted by molar-refractivity contribution is 0.177. The van der Waals surface area contributed by atoms with Gasteiger partial charge < -0.3 is 5.73 Å². The zero-order valence-corrected chi connectivity index (χ0v) is 9.25. The van der Waals surface area contributed by atoms with Crippen LogP contribution in [-0.4, -0.2) is 34.5 Å². The second-order valence-electron chi connectivity index (χ2n) is 3.38. The highest BCUT2D eigenvalue weighted by Crippen LogP contribution is 2.12. The van der Waals surface area contributed by atoms with E-state index in [2.05, 4.69) is 34.4 Å². The molecule has 0 aliphatic carbocycles. The standard InChI is InChI=1S/C8H17IN2/c1-7(6-9)11-4-2-8(10)3-5-11/h7-8H,2-6,10H2,1H3. The van der Waals surface area contributed by atoms with Gasteiger partial charge in [-0.15, -0.1) is 0 Å². The van der Waals surface area contributed by atoms with Crippen LogP contribution in [0, 0.1) is 0 Å². The van der Waals surface area contributed by atoms with Gasteiger partial charge in [-0.05, 0) is 32.9 Å². The van der Waals surface area contributed by atoms with Crippen LogP contribution in [0.2, 0.25) is 0 Å². The van der Waals surface area contributed by atoms with Crippen molar-refractivity contribution in [1.29, 1.82) is 0 Å². The molecule has 1 aliphatic heterocycles. The van der Waals surface area contributed by atoms with Gasteiger partial charge in [0.2, 0.25) is 0 Å². The molecule has 0 saturated carbocycles.